The minimum atomic E-state index is -0.386. The van der Waals surface area contributed by atoms with E-state index in [4.69, 9.17) is 28.9 Å². The van der Waals surface area contributed by atoms with Crippen LogP contribution in [0.1, 0.15) is 10.4 Å². The minimum Gasteiger partial charge on any atom is -0.394 e. The van der Waals surface area contributed by atoms with Crippen LogP contribution in [0.2, 0.25) is 10.0 Å². The molecule has 2 aromatic rings. The Morgan fingerprint density at radius 2 is 2.18 bits per heavy atom. The quantitative estimate of drug-likeness (QED) is 0.784. The molecule has 0 bridgehead atoms. The van der Waals surface area contributed by atoms with Crippen molar-refractivity contribution in [3.05, 3.63) is 40.0 Å². The number of amides is 1. The zero-order valence-electron chi connectivity index (χ0n) is 8.50. The molecule has 0 spiro atoms. The monoisotopic (exact) mass is 270 g/mol. The van der Waals surface area contributed by atoms with Crippen molar-refractivity contribution < 1.29 is 4.79 Å². The normalized spacial score (nSPS) is 10.2. The molecule has 5 nitrogen and oxygen atoms in total. The summed E-state index contributed by atoms with van der Waals surface area (Å²) in [6.45, 7) is 0. The average molecular weight is 271 g/mol. The molecule has 2 rings (SSSR count). The first-order chi connectivity index (χ1) is 8.08. The van der Waals surface area contributed by atoms with E-state index in [-0.39, 0.29) is 10.9 Å². The average Bonchev–Trinajstić information content (AvgIpc) is 2.64. The number of benzene rings is 1. The van der Waals surface area contributed by atoms with Gasteiger partial charge >= 0.3 is 0 Å². The van der Waals surface area contributed by atoms with Gasteiger partial charge in [-0.1, -0.05) is 23.2 Å². The van der Waals surface area contributed by atoms with Gasteiger partial charge in [0.1, 0.15) is 0 Å². The van der Waals surface area contributed by atoms with Crippen molar-refractivity contribution in [2.75, 3.05) is 11.1 Å². The third kappa shape index (κ3) is 2.51. The molecular weight excluding hydrogens is 263 g/mol. The van der Waals surface area contributed by atoms with Gasteiger partial charge in [0.15, 0.2) is 5.82 Å². The van der Waals surface area contributed by atoms with Gasteiger partial charge in [-0.05, 0) is 18.2 Å². The molecule has 0 saturated heterocycles. The molecule has 0 aliphatic heterocycles. The van der Waals surface area contributed by atoms with Crippen molar-refractivity contribution >= 4 is 40.6 Å². The molecule has 88 valence electrons. The Balaban J connectivity index is 2.23. The Bertz CT molecular complexity index is 567. The third-order valence-corrected chi connectivity index (χ3v) is 2.63. The van der Waals surface area contributed by atoms with Crippen LogP contribution in [-0.2, 0) is 0 Å². The molecule has 0 aliphatic carbocycles. The van der Waals surface area contributed by atoms with Crippen molar-refractivity contribution in [3.8, 4) is 0 Å². The molecule has 1 aromatic heterocycles. The molecule has 0 radical (unpaired) electrons. The van der Waals surface area contributed by atoms with E-state index in [1.165, 1.54) is 18.3 Å². The standard InChI is InChI=1S/C10H8Cl2N4O/c11-5-1-2-6(7(12)3-5)10(17)15-9-8(13)4-14-16-9/h1-4H,13H2,(H2,14,15,16,17). The van der Waals surface area contributed by atoms with E-state index in [1.807, 2.05) is 0 Å². The summed E-state index contributed by atoms with van der Waals surface area (Å²) < 4.78 is 0. The molecule has 0 fully saturated rings. The van der Waals surface area contributed by atoms with E-state index in [9.17, 15) is 4.79 Å². The van der Waals surface area contributed by atoms with Gasteiger partial charge in [-0.25, -0.2) is 0 Å². The SMILES string of the molecule is Nc1cn[nH]c1NC(=O)c1ccc(Cl)cc1Cl. The second-order valence-corrected chi connectivity index (χ2v) is 4.12. The summed E-state index contributed by atoms with van der Waals surface area (Å²) in [5, 5.41) is 9.54. The first-order valence-electron chi connectivity index (χ1n) is 4.63. The van der Waals surface area contributed by atoms with Crippen LogP contribution in [0, 0.1) is 0 Å². The molecule has 0 aliphatic rings. The minimum absolute atomic E-state index is 0.271. The number of rotatable bonds is 2. The van der Waals surface area contributed by atoms with Crippen LogP contribution in [0.3, 0.4) is 0 Å². The number of halogens is 2. The number of nitrogens with one attached hydrogen (secondary N) is 2. The van der Waals surface area contributed by atoms with E-state index >= 15 is 0 Å². The van der Waals surface area contributed by atoms with E-state index in [0.29, 0.717) is 22.1 Å². The van der Waals surface area contributed by atoms with Gasteiger partial charge in [-0.3, -0.25) is 9.89 Å². The zero-order chi connectivity index (χ0) is 12.4. The first kappa shape index (κ1) is 11.8. The van der Waals surface area contributed by atoms with Crippen molar-refractivity contribution in [1.29, 1.82) is 0 Å². The Labute approximate surface area is 107 Å². The molecular formula is C10H8Cl2N4O. The summed E-state index contributed by atoms with van der Waals surface area (Å²) in [5.41, 5.74) is 6.23. The van der Waals surface area contributed by atoms with E-state index in [2.05, 4.69) is 15.5 Å². The lowest BCUT2D eigenvalue weighted by molar-refractivity contribution is 0.102. The Hall–Kier alpha value is -1.72. The lowest BCUT2D eigenvalue weighted by atomic mass is 10.2. The van der Waals surface area contributed by atoms with Crippen LogP contribution in [-0.4, -0.2) is 16.1 Å². The summed E-state index contributed by atoms with van der Waals surface area (Å²) in [5.74, 6) is -0.0522. The molecule has 1 amide bonds. The zero-order valence-corrected chi connectivity index (χ0v) is 10.0. The van der Waals surface area contributed by atoms with Crippen molar-refractivity contribution in [1.82, 2.24) is 10.2 Å². The van der Waals surface area contributed by atoms with Gasteiger partial charge in [0.2, 0.25) is 0 Å². The second kappa shape index (κ2) is 4.65. The van der Waals surface area contributed by atoms with E-state index in [0.717, 1.165) is 0 Å². The maximum absolute atomic E-state index is 11.9. The van der Waals surface area contributed by atoms with Crippen LogP contribution in [0.4, 0.5) is 11.5 Å². The van der Waals surface area contributed by atoms with Crippen LogP contribution >= 0.6 is 23.2 Å². The van der Waals surface area contributed by atoms with Gasteiger partial charge in [-0.2, -0.15) is 5.10 Å². The number of nitrogens with zero attached hydrogens (tertiary/aromatic N) is 1. The molecule has 1 aromatic carbocycles. The second-order valence-electron chi connectivity index (χ2n) is 3.28. The highest BCUT2D eigenvalue weighted by atomic mass is 35.5. The molecule has 17 heavy (non-hydrogen) atoms. The summed E-state index contributed by atoms with van der Waals surface area (Å²) in [4.78, 5) is 11.9. The fraction of sp³-hybridized carbons (Fsp3) is 0. The van der Waals surface area contributed by atoms with Gasteiger partial charge in [0, 0.05) is 5.02 Å². The largest absolute Gasteiger partial charge is 0.394 e. The predicted molar refractivity (Wildman–Crippen MR) is 67.4 cm³/mol. The summed E-state index contributed by atoms with van der Waals surface area (Å²) in [6, 6.07) is 4.61. The Morgan fingerprint density at radius 1 is 1.41 bits per heavy atom. The number of aromatic nitrogens is 2. The van der Waals surface area contributed by atoms with Gasteiger partial charge < -0.3 is 11.1 Å². The maximum atomic E-state index is 11.9. The number of carbonyl (C=O) groups is 1. The van der Waals surface area contributed by atoms with Gasteiger partial charge in [0.25, 0.3) is 5.91 Å². The lowest BCUT2D eigenvalue weighted by Gasteiger charge is -2.05. The van der Waals surface area contributed by atoms with Gasteiger partial charge in [-0.15, -0.1) is 0 Å². The number of hydrogen-bond acceptors (Lipinski definition) is 3. The molecule has 0 unspecified atom stereocenters. The highest BCUT2D eigenvalue weighted by molar-refractivity contribution is 6.37. The van der Waals surface area contributed by atoms with Crippen molar-refractivity contribution in [3.63, 3.8) is 0 Å². The number of anilines is 2. The first-order valence-corrected chi connectivity index (χ1v) is 5.39. The summed E-state index contributed by atoms with van der Waals surface area (Å²) >= 11 is 11.6. The number of carbonyl (C=O) groups excluding carboxylic acids is 1. The van der Waals surface area contributed by atoms with Gasteiger partial charge in [0.05, 0.1) is 22.5 Å². The number of H-pyrrole nitrogens is 1. The smallest absolute Gasteiger partial charge is 0.258 e. The van der Waals surface area contributed by atoms with Crippen molar-refractivity contribution in [2.45, 2.75) is 0 Å². The fourth-order valence-electron chi connectivity index (χ4n) is 1.25. The molecule has 4 N–H and O–H groups in total. The van der Waals surface area contributed by atoms with E-state index in [1.54, 1.807) is 6.07 Å². The van der Waals surface area contributed by atoms with Crippen LogP contribution in [0.5, 0.6) is 0 Å². The van der Waals surface area contributed by atoms with Crippen LogP contribution < -0.4 is 11.1 Å². The summed E-state index contributed by atoms with van der Waals surface area (Å²) in [7, 11) is 0. The Kier molecular flexibility index (Phi) is 3.21. The highest BCUT2D eigenvalue weighted by Gasteiger charge is 2.12. The predicted octanol–water partition coefficient (Wildman–Crippen LogP) is 2.55. The topological polar surface area (TPSA) is 83.8 Å². The van der Waals surface area contributed by atoms with E-state index < -0.39 is 0 Å². The van der Waals surface area contributed by atoms with Crippen LogP contribution in [0.15, 0.2) is 24.4 Å². The maximum Gasteiger partial charge on any atom is 0.258 e. The molecule has 0 saturated carbocycles. The van der Waals surface area contributed by atoms with Crippen LogP contribution in [0.25, 0.3) is 0 Å². The third-order valence-electron chi connectivity index (χ3n) is 2.08. The number of nitrogen functional groups attached to an aromatic ring is 1. The molecule has 1 heterocycles. The fourth-order valence-corrected chi connectivity index (χ4v) is 1.74. The number of aromatic amines is 1. The number of hydrogen-bond donors (Lipinski definition) is 3. The Morgan fingerprint density at radius 3 is 2.76 bits per heavy atom. The lowest BCUT2D eigenvalue weighted by Crippen LogP contribution is -2.13. The molecule has 7 heteroatoms. The highest BCUT2D eigenvalue weighted by Crippen LogP contribution is 2.22. The number of nitrogens with two attached hydrogens (primary N) is 1. The summed E-state index contributed by atoms with van der Waals surface area (Å²) in [6.07, 6.45) is 1.40. The van der Waals surface area contributed by atoms with Crippen molar-refractivity contribution in [2.24, 2.45) is 0 Å². The molecule has 0 atom stereocenters.